The Kier molecular flexibility index (Phi) is 4.00. The number of carboxylic acid groups (broad SMARTS) is 1. The lowest BCUT2D eigenvalue weighted by Gasteiger charge is -2.24. The summed E-state index contributed by atoms with van der Waals surface area (Å²) in [5, 5.41) is 10.0. The predicted octanol–water partition coefficient (Wildman–Crippen LogP) is 3.91. The summed E-state index contributed by atoms with van der Waals surface area (Å²) in [5.74, 6) is -0.911. The SMILES string of the molecule is C=CC[C@](C)(C(=O)O)c1ccc(Cl)c(Cl)c1. The van der Waals surface area contributed by atoms with Crippen LogP contribution in [0.15, 0.2) is 30.9 Å². The molecule has 1 aromatic rings. The maximum Gasteiger partial charge on any atom is 0.314 e. The number of hydrogen-bond acceptors (Lipinski definition) is 1. The average Bonchev–Trinajstić information content (AvgIpc) is 2.22. The van der Waals surface area contributed by atoms with Gasteiger partial charge >= 0.3 is 5.97 Å². The molecule has 0 radical (unpaired) electrons. The van der Waals surface area contributed by atoms with Gasteiger partial charge in [-0.3, -0.25) is 4.79 Å². The highest BCUT2D eigenvalue weighted by Gasteiger charge is 2.34. The van der Waals surface area contributed by atoms with E-state index in [1.165, 1.54) is 0 Å². The van der Waals surface area contributed by atoms with E-state index in [2.05, 4.69) is 6.58 Å². The molecule has 0 saturated carbocycles. The van der Waals surface area contributed by atoms with Crippen LogP contribution in [0.5, 0.6) is 0 Å². The first-order valence-corrected chi connectivity index (χ1v) is 5.47. The number of rotatable bonds is 4. The van der Waals surface area contributed by atoms with Gasteiger partial charge in [0.25, 0.3) is 0 Å². The molecule has 4 heteroatoms. The van der Waals surface area contributed by atoms with Crippen molar-refractivity contribution in [3.8, 4) is 0 Å². The third-order valence-corrected chi connectivity index (χ3v) is 3.32. The van der Waals surface area contributed by atoms with Gasteiger partial charge in [0, 0.05) is 0 Å². The van der Waals surface area contributed by atoms with Crippen LogP contribution in [-0.2, 0) is 10.2 Å². The predicted molar refractivity (Wildman–Crippen MR) is 66.3 cm³/mol. The van der Waals surface area contributed by atoms with Gasteiger partial charge in [0.1, 0.15) is 0 Å². The van der Waals surface area contributed by atoms with E-state index in [-0.39, 0.29) is 0 Å². The molecule has 0 bridgehead atoms. The molecule has 1 atom stereocenters. The molecule has 16 heavy (non-hydrogen) atoms. The normalized spacial score (nSPS) is 14.2. The molecule has 2 nitrogen and oxygen atoms in total. The molecule has 0 aromatic heterocycles. The van der Waals surface area contributed by atoms with E-state index < -0.39 is 11.4 Å². The molecule has 1 aromatic carbocycles. The molecule has 0 aliphatic carbocycles. The zero-order valence-electron chi connectivity index (χ0n) is 8.84. The van der Waals surface area contributed by atoms with Crippen molar-refractivity contribution < 1.29 is 9.90 Å². The van der Waals surface area contributed by atoms with Gasteiger partial charge in [0.15, 0.2) is 0 Å². The second-order valence-corrected chi connectivity index (χ2v) is 4.57. The molecule has 0 unspecified atom stereocenters. The van der Waals surface area contributed by atoms with Gasteiger partial charge in [-0.1, -0.05) is 35.3 Å². The Labute approximate surface area is 104 Å². The second-order valence-electron chi connectivity index (χ2n) is 3.76. The molecule has 0 aliphatic rings. The van der Waals surface area contributed by atoms with Crippen molar-refractivity contribution in [3.63, 3.8) is 0 Å². The lowest BCUT2D eigenvalue weighted by molar-refractivity contribution is -0.143. The largest absolute Gasteiger partial charge is 0.481 e. The van der Waals surface area contributed by atoms with Crippen molar-refractivity contribution in [1.29, 1.82) is 0 Å². The van der Waals surface area contributed by atoms with Gasteiger partial charge in [-0.05, 0) is 31.0 Å². The highest BCUT2D eigenvalue weighted by Crippen LogP contribution is 2.33. The van der Waals surface area contributed by atoms with Crippen molar-refractivity contribution in [3.05, 3.63) is 46.5 Å². The summed E-state index contributed by atoms with van der Waals surface area (Å²) in [6, 6.07) is 4.86. The summed E-state index contributed by atoms with van der Waals surface area (Å²) in [4.78, 5) is 11.3. The summed E-state index contributed by atoms with van der Waals surface area (Å²) in [5.41, 5.74) is -0.398. The van der Waals surface area contributed by atoms with Crippen LogP contribution in [0, 0.1) is 0 Å². The zero-order valence-corrected chi connectivity index (χ0v) is 10.3. The van der Waals surface area contributed by atoms with Crippen LogP contribution in [0.1, 0.15) is 18.9 Å². The van der Waals surface area contributed by atoms with Gasteiger partial charge < -0.3 is 5.11 Å². The number of allylic oxidation sites excluding steroid dienone is 1. The van der Waals surface area contributed by atoms with Gasteiger partial charge in [0.2, 0.25) is 0 Å². The molecular formula is C12H12Cl2O2. The topological polar surface area (TPSA) is 37.3 Å². The van der Waals surface area contributed by atoms with E-state index in [9.17, 15) is 9.90 Å². The van der Waals surface area contributed by atoms with Crippen molar-refractivity contribution in [2.75, 3.05) is 0 Å². The van der Waals surface area contributed by atoms with E-state index in [0.717, 1.165) is 0 Å². The molecule has 0 saturated heterocycles. The Balaban J connectivity index is 3.26. The number of hydrogen-bond donors (Lipinski definition) is 1. The summed E-state index contributed by atoms with van der Waals surface area (Å²) in [7, 11) is 0. The van der Waals surface area contributed by atoms with Crippen LogP contribution in [-0.4, -0.2) is 11.1 Å². The Hall–Kier alpha value is -0.990. The van der Waals surface area contributed by atoms with E-state index in [1.54, 1.807) is 31.2 Å². The molecular weight excluding hydrogens is 247 g/mol. The zero-order chi connectivity index (χ0) is 12.3. The second kappa shape index (κ2) is 4.89. The summed E-state index contributed by atoms with van der Waals surface area (Å²) >= 11 is 11.7. The highest BCUT2D eigenvalue weighted by molar-refractivity contribution is 6.42. The van der Waals surface area contributed by atoms with Crippen LogP contribution >= 0.6 is 23.2 Å². The van der Waals surface area contributed by atoms with Crippen LogP contribution < -0.4 is 0 Å². The van der Waals surface area contributed by atoms with Crippen LogP contribution in [0.2, 0.25) is 10.0 Å². The third-order valence-electron chi connectivity index (χ3n) is 2.58. The number of benzene rings is 1. The average molecular weight is 259 g/mol. The maximum atomic E-state index is 11.3. The van der Waals surface area contributed by atoms with E-state index in [1.807, 2.05) is 0 Å². The number of halogens is 2. The fourth-order valence-corrected chi connectivity index (χ4v) is 1.75. The first-order chi connectivity index (χ1) is 7.41. The summed E-state index contributed by atoms with van der Waals surface area (Å²) < 4.78 is 0. The van der Waals surface area contributed by atoms with Crippen molar-refractivity contribution >= 4 is 29.2 Å². The molecule has 0 heterocycles. The lowest BCUT2D eigenvalue weighted by atomic mass is 9.79. The smallest absolute Gasteiger partial charge is 0.314 e. The van der Waals surface area contributed by atoms with Crippen LogP contribution in [0.25, 0.3) is 0 Å². The Bertz CT molecular complexity index is 429. The Morgan fingerprint density at radius 3 is 2.56 bits per heavy atom. The van der Waals surface area contributed by atoms with Crippen LogP contribution in [0.3, 0.4) is 0 Å². The minimum Gasteiger partial charge on any atom is -0.481 e. The van der Waals surface area contributed by atoms with Crippen molar-refractivity contribution in [2.24, 2.45) is 0 Å². The minimum atomic E-state index is -1.02. The summed E-state index contributed by atoms with van der Waals surface area (Å²) in [6.07, 6.45) is 1.91. The molecule has 0 aliphatic heterocycles. The van der Waals surface area contributed by atoms with Gasteiger partial charge in [-0.15, -0.1) is 6.58 Å². The Morgan fingerprint density at radius 1 is 1.50 bits per heavy atom. The molecule has 0 fully saturated rings. The van der Waals surface area contributed by atoms with Gasteiger partial charge in [-0.25, -0.2) is 0 Å². The van der Waals surface area contributed by atoms with E-state index in [0.29, 0.717) is 22.0 Å². The van der Waals surface area contributed by atoms with Gasteiger partial charge in [-0.2, -0.15) is 0 Å². The third kappa shape index (κ3) is 2.39. The Morgan fingerprint density at radius 2 is 2.12 bits per heavy atom. The molecule has 1 N–H and O–H groups in total. The fourth-order valence-electron chi connectivity index (χ4n) is 1.46. The van der Waals surface area contributed by atoms with E-state index >= 15 is 0 Å². The number of carbonyl (C=O) groups is 1. The van der Waals surface area contributed by atoms with Crippen molar-refractivity contribution in [2.45, 2.75) is 18.8 Å². The molecule has 0 spiro atoms. The molecule has 86 valence electrons. The monoisotopic (exact) mass is 258 g/mol. The number of carboxylic acids is 1. The van der Waals surface area contributed by atoms with Crippen molar-refractivity contribution in [1.82, 2.24) is 0 Å². The first kappa shape index (κ1) is 13.1. The highest BCUT2D eigenvalue weighted by atomic mass is 35.5. The number of aliphatic carboxylic acids is 1. The quantitative estimate of drug-likeness (QED) is 0.832. The molecule has 1 rings (SSSR count). The first-order valence-electron chi connectivity index (χ1n) is 4.71. The van der Waals surface area contributed by atoms with E-state index in [4.69, 9.17) is 23.2 Å². The standard InChI is InChI=1S/C12H12Cl2O2/c1-3-6-12(2,11(15)16)8-4-5-9(13)10(14)7-8/h3-5,7H,1,6H2,2H3,(H,15,16)/t12-/m0/s1. The minimum absolute atomic E-state index is 0.334. The lowest BCUT2D eigenvalue weighted by Crippen LogP contribution is -2.31. The van der Waals surface area contributed by atoms with Crippen LogP contribution in [0.4, 0.5) is 0 Å². The van der Waals surface area contributed by atoms with Gasteiger partial charge in [0.05, 0.1) is 15.5 Å². The maximum absolute atomic E-state index is 11.3. The summed E-state index contributed by atoms with van der Waals surface area (Å²) in [6.45, 7) is 5.21. The fraction of sp³-hybridized carbons (Fsp3) is 0.250. The molecule has 0 amide bonds.